The smallest absolute Gasteiger partial charge is 0.0654 e. The Hall–Kier alpha value is -0.303. The van der Waals surface area contributed by atoms with Crippen molar-refractivity contribution in [1.82, 2.24) is 0 Å². The van der Waals surface area contributed by atoms with E-state index >= 15 is 0 Å². The molecule has 1 aliphatic carbocycles. The minimum Gasteiger partial charge on any atom is -0.0682 e. The van der Waals surface area contributed by atoms with Crippen LogP contribution in [0.3, 0.4) is 0 Å². The maximum Gasteiger partial charge on any atom is 0.0654 e. The van der Waals surface area contributed by atoms with Crippen molar-refractivity contribution in [3.8, 4) is 0 Å². The van der Waals surface area contributed by atoms with Gasteiger partial charge in [-0.05, 0) is 30.9 Å². The van der Waals surface area contributed by atoms with Crippen LogP contribution in [-0.4, -0.2) is 8.80 Å². The van der Waals surface area contributed by atoms with Crippen LogP contribution < -0.4 is 0 Å². The predicted octanol–water partition coefficient (Wildman–Crippen LogP) is 3.26. The zero-order valence-corrected chi connectivity index (χ0v) is 9.85. The van der Waals surface area contributed by atoms with E-state index in [1.807, 2.05) is 0 Å². The van der Waals surface area contributed by atoms with Gasteiger partial charge in [0.25, 0.3) is 0 Å². The molecule has 0 bridgehead atoms. The lowest BCUT2D eigenvalue weighted by atomic mass is 10.1. The van der Waals surface area contributed by atoms with Crippen molar-refractivity contribution in [3.63, 3.8) is 0 Å². The standard InChI is InChI=1S/C11H19Si/c1-5-9-7-8-11(12(3)4)10(9)6-2/h12H,5-7H2,1-4H3. The Kier molecular flexibility index (Phi) is 3.33. The maximum atomic E-state index is 3.56. The Labute approximate surface area is 78.0 Å². The van der Waals surface area contributed by atoms with Crippen LogP contribution in [0, 0.1) is 6.08 Å². The van der Waals surface area contributed by atoms with Gasteiger partial charge < -0.3 is 0 Å². The fourth-order valence-electron chi connectivity index (χ4n) is 1.94. The summed E-state index contributed by atoms with van der Waals surface area (Å²) in [5.74, 6) is 0. The van der Waals surface area contributed by atoms with Crippen molar-refractivity contribution in [2.24, 2.45) is 0 Å². The summed E-state index contributed by atoms with van der Waals surface area (Å²) in [6.07, 6.45) is 7.13. The van der Waals surface area contributed by atoms with E-state index in [-0.39, 0.29) is 0 Å². The molecule has 0 aromatic rings. The van der Waals surface area contributed by atoms with E-state index in [0.29, 0.717) is 0 Å². The van der Waals surface area contributed by atoms with E-state index in [0.717, 1.165) is 6.42 Å². The number of hydrogen-bond acceptors (Lipinski definition) is 0. The molecule has 0 aliphatic heterocycles. The molecular formula is C11H19Si. The summed E-state index contributed by atoms with van der Waals surface area (Å²) >= 11 is 0. The summed E-state index contributed by atoms with van der Waals surface area (Å²) in [5, 5.41) is 1.62. The third kappa shape index (κ3) is 1.71. The van der Waals surface area contributed by atoms with Gasteiger partial charge in [-0.1, -0.05) is 37.7 Å². The van der Waals surface area contributed by atoms with Crippen molar-refractivity contribution < 1.29 is 0 Å². The van der Waals surface area contributed by atoms with Gasteiger partial charge in [0.2, 0.25) is 0 Å². The normalized spacial score (nSPS) is 17.6. The zero-order chi connectivity index (χ0) is 9.14. The lowest BCUT2D eigenvalue weighted by Crippen LogP contribution is -2.06. The van der Waals surface area contributed by atoms with E-state index in [2.05, 4.69) is 33.0 Å². The summed E-state index contributed by atoms with van der Waals surface area (Å²) in [7, 11) is -0.603. The fourth-order valence-corrected chi connectivity index (χ4v) is 3.55. The molecule has 1 radical (unpaired) electrons. The van der Waals surface area contributed by atoms with Crippen LogP contribution in [0.2, 0.25) is 13.1 Å². The number of allylic oxidation sites excluding steroid dienone is 4. The third-order valence-electron chi connectivity index (χ3n) is 2.60. The summed E-state index contributed by atoms with van der Waals surface area (Å²) < 4.78 is 0. The second-order valence-corrected chi connectivity index (χ2v) is 6.60. The Morgan fingerprint density at radius 1 is 1.25 bits per heavy atom. The number of rotatable bonds is 3. The van der Waals surface area contributed by atoms with Gasteiger partial charge in [-0.2, -0.15) is 0 Å². The average molecular weight is 179 g/mol. The molecule has 12 heavy (non-hydrogen) atoms. The predicted molar refractivity (Wildman–Crippen MR) is 57.9 cm³/mol. The lowest BCUT2D eigenvalue weighted by molar-refractivity contribution is 0.991. The topological polar surface area (TPSA) is 0 Å². The summed E-state index contributed by atoms with van der Waals surface area (Å²) in [4.78, 5) is 0. The molecule has 0 saturated carbocycles. The fraction of sp³-hybridized carbons (Fsp3) is 0.636. The van der Waals surface area contributed by atoms with Gasteiger partial charge in [0.15, 0.2) is 0 Å². The highest BCUT2D eigenvalue weighted by Gasteiger charge is 2.17. The van der Waals surface area contributed by atoms with Crippen molar-refractivity contribution in [3.05, 3.63) is 22.4 Å². The van der Waals surface area contributed by atoms with Gasteiger partial charge in [0, 0.05) is 0 Å². The van der Waals surface area contributed by atoms with Gasteiger partial charge in [0.05, 0.1) is 8.80 Å². The Balaban J connectivity index is 2.86. The van der Waals surface area contributed by atoms with Gasteiger partial charge in [-0.25, -0.2) is 0 Å². The van der Waals surface area contributed by atoms with Crippen molar-refractivity contribution >= 4 is 8.80 Å². The summed E-state index contributed by atoms with van der Waals surface area (Å²) in [6, 6.07) is 0. The molecule has 0 N–H and O–H groups in total. The van der Waals surface area contributed by atoms with Gasteiger partial charge in [-0.15, -0.1) is 0 Å². The highest BCUT2D eigenvalue weighted by atomic mass is 28.3. The molecule has 1 heteroatoms. The first-order valence-electron chi connectivity index (χ1n) is 5.02. The van der Waals surface area contributed by atoms with Crippen molar-refractivity contribution in [1.29, 1.82) is 0 Å². The van der Waals surface area contributed by atoms with Gasteiger partial charge >= 0.3 is 0 Å². The minimum absolute atomic E-state index is 0.603. The first-order chi connectivity index (χ1) is 5.70. The highest BCUT2D eigenvalue weighted by molar-refractivity contribution is 6.65. The molecule has 1 rings (SSSR count). The first-order valence-corrected chi connectivity index (χ1v) is 7.91. The van der Waals surface area contributed by atoms with Crippen molar-refractivity contribution in [2.45, 2.75) is 46.2 Å². The van der Waals surface area contributed by atoms with E-state index in [9.17, 15) is 0 Å². The van der Waals surface area contributed by atoms with Gasteiger partial charge in [-0.3, -0.25) is 0 Å². The van der Waals surface area contributed by atoms with Crippen LogP contribution in [0.25, 0.3) is 0 Å². The van der Waals surface area contributed by atoms with Crippen LogP contribution in [0.15, 0.2) is 16.3 Å². The zero-order valence-electron chi connectivity index (χ0n) is 8.70. The van der Waals surface area contributed by atoms with Crippen LogP contribution in [0.4, 0.5) is 0 Å². The maximum absolute atomic E-state index is 3.56. The van der Waals surface area contributed by atoms with Crippen LogP contribution in [-0.2, 0) is 0 Å². The highest BCUT2D eigenvalue weighted by Crippen LogP contribution is 2.31. The molecule has 0 atom stereocenters. The van der Waals surface area contributed by atoms with E-state index in [1.165, 1.54) is 12.8 Å². The van der Waals surface area contributed by atoms with E-state index in [1.54, 1.807) is 16.3 Å². The van der Waals surface area contributed by atoms with Gasteiger partial charge in [0.1, 0.15) is 0 Å². The molecule has 67 valence electrons. The quantitative estimate of drug-likeness (QED) is 0.583. The van der Waals surface area contributed by atoms with Crippen LogP contribution in [0.1, 0.15) is 33.1 Å². The van der Waals surface area contributed by atoms with Crippen molar-refractivity contribution in [2.75, 3.05) is 0 Å². The molecule has 0 saturated heterocycles. The summed E-state index contributed by atoms with van der Waals surface area (Å²) in [5.41, 5.74) is 3.30. The second-order valence-electron chi connectivity index (χ2n) is 3.71. The lowest BCUT2D eigenvalue weighted by Gasteiger charge is -2.10. The Morgan fingerprint density at radius 2 is 1.92 bits per heavy atom. The van der Waals surface area contributed by atoms with E-state index in [4.69, 9.17) is 0 Å². The summed E-state index contributed by atoms with van der Waals surface area (Å²) in [6.45, 7) is 9.33. The second kappa shape index (κ2) is 4.08. The molecule has 0 unspecified atom stereocenters. The van der Waals surface area contributed by atoms with Crippen LogP contribution >= 0.6 is 0 Å². The molecule has 0 spiro atoms. The largest absolute Gasteiger partial charge is 0.0682 e. The molecule has 0 aromatic heterocycles. The molecule has 0 fully saturated rings. The average Bonchev–Trinajstić information content (AvgIpc) is 2.46. The molecule has 1 aliphatic rings. The Morgan fingerprint density at radius 3 is 2.33 bits per heavy atom. The molecule has 0 heterocycles. The van der Waals surface area contributed by atoms with Crippen LogP contribution in [0.5, 0.6) is 0 Å². The monoisotopic (exact) mass is 179 g/mol. The molecule has 0 nitrogen and oxygen atoms in total. The minimum atomic E-state index is -0.603. The third-order valence-corrected chi connectivity index (χ3v) is 4.31. The number of hydrogen-bond donors (Lipinski definition) is 0. The van der Waals surface area contributed by atoms with E-state index < -0.39 is 8.80 Å². The molecule has 0 aromatic carbocycles. The first kappa shape index (κ1) is 9.78. The SMILES string of the molecule is CCC1=C(CC)C([SiH](C)C)=[C]C1. The molecular weight excluding hydrogens is 160 g/mol. The molecule has 0 amide bonds. The Bertz CT molecular complexity index is 221.